The van der Waals surface area contributed by atoms with Gasteiger partial charge in [-0.1, -0.05) is 87.0 Å². The van der Waals surface area contributed by atoms with Crippen LogP contribution in [-0.4, -0.2) is 0 Å². The van der Waals surface area contributed by atoms with Crippen molar-refractivity contribution < 1.29 is 4.39 Å². The molecule has 1 atom stereocenters. The van der Waals surface area contributed by atoms with Crippen LogP contribution in [0.4, 0.5) is 4.39 Å². The van der Waals surface area contributed by atoms with Gasteiger partial charge < -0.3 is 0 Å². The van der Waals surface area contributed by atoms with Gasteiger partial charge in [0.05, 0.1) is 0 Å². The van der Waals surface area contributed by atoms with E-state index < -0.39 is 0 Å². The molecule has 0 radical (unpaired) electrons. The molecule has 0 nitrogen and oxygen atoms in total. The topological polar surface area (TPSA) is 0 Å². The highest BCUT2D eigenvalue weighted by molar-refractivity contribution is 5.33. The second-order valence-electron chi connectivity index (χ2n) is 9.86. The first-order chi connectivity index (χ1) is 15.6. The first-order valence-corrected chi connectivity index (χ1v) is 12.5. The molecule has 1 aliphatic carbocycles. The molecule has 0 N–H and O–H groups in total. The van der Waals surface area contributed by atoms with E-state index in [1.807, 2.05) is 6.07 Å². The quantitative estimate of drug-likeness (QED) is 0.336. The Balaban J connectivity index is 1.29. The van der Waals surface area contributed by atoms with Crippen molar-refractivity contribution in [3.05, 3.63) is 106 Å². The maximum atomic E-state index is 14.5. The normalized spacial score (nSPS) is 19.6. The van der Waals surface area contributed by atoms with E-state index in [4.69, 9.17) is 0 Å². The lowest BCUT2D eigenvalue weighted by Gasteiger charge is -2.30. The van der Waals surface area contributed by atoms with Crippen LogP contribution in [0, 0.1) is 11.7 Å². The average Bonchev–Trinajstić information content (AvgIpc) is 2.83. The van der Waals surface area contributed by atoms with Crippen LogP contribution in [-0.2, 0) is 12.8 Å². The van der Waals surface area contributed by atoms with E-state index in [9.17, 15) is 4.39 Å². The summed E-state index contributed by atoms with van der Waals surface area (Å²) < 4.78 is 14.5. The van der Waals surface area contributed by atoms with Gasteiger partial charge in [-0.2, -0.15) is 0 Å². The van der Waals surface area contributed by atoms with Gasteiger partial charge in [-0.15, -0.1) is 0 Å². The number of hydrogen-bond donors (Lipinski definition) is 0. The number of hydrogen-bond acceptors (Lipinski definition) is 0. The van der Waals surface area contributed by atoms with Crippen molar-refractivity contribution in [1.29, 1.82) is 0 Å². The van der Waals surface area contributed by atoms with Gasteiger partial charge in [0.2, 0.25) is 0 Å². The van der Waals surface area contributed by atoms with Crippen molar-refractivity contribution >= 4 is 0 Å². The van der Waals surface area contributed by atoms with Crippen molar-refractivity contribution in [2.24, 2.45) is 5.92 Å². The molecule has 0 heterocycles. The summed E-state index contributed by atoms with van der Waals surface area (Å²) in [5.41, 5.74) is 6.02. The number of aryl methyl sites for hydroxylation is 1. The van der Waals surface area contributed by atoms with Crippen molar-refractivity contribution in [3.63, 3.8) is 0 Å². The van der Waals surface area contributed by atoms with Gasteiger partial charge in [0.25, 0.3) is 0 Å². The summed E-state index contributed by atoms with van der Waals surface area (Å²) in [6.45, 7) is 4.51. The Bertz CT molecular complexity index is 965. The Hall–Kier alpha value is -2.41. The third-order valence-corrected chi connectivity index (χ3v) is 7.40. The van der Waals surface area contributed by atoms with E-state index in [-0.39, 0.29) is 5.82 Å². The predicted octanol–water partition coefficient (Wildman–Crippen LogP) is 8.84. The standard InChI is InChI=1S/C31H37F/c1-3-7-24-14-19-30(31(32)22-24)21-26-12-17-29(18-13-26)28-15-10-25(11-16-28)20-23(2)27-8-5-4-6-9-27/h4-6,8-9,12-14,17-19,22-23,25,28H,3,7,10-11,15-16,20-21H2,1-2H3/t23-,25?,28?/m0/s1. The summed E-state index contributed by atoms with van der Waals surface area (Å²) in [7, 11) is 0. The molecule has 0 aromatic heterocycles. The van der Waals surface area contributed by atoms with Crippen LogP contribution in [0.1, 0.15) is 92.0 Å². The van der Waals surface area contributed by atoms with E-state index in [2.05, 4.69) is 74.5 Å². The van der Waals surface area contributed by atoms with E-state index >= 15 is 0 Å². The Morgan fingerprint density at radius 2 is 1.53 bits per heavy atom. The molecule has 1 fully saturated rings. The average molecular weight is 429 g/mol. The molecule has 1 saturated carbocycles. The van der Waals surface area contributed by atoms with Crippen LogP contribution < -0.4 is 0 Å². The fourth-order valence-electron chi connectivity index (χ4n) is 5.46. The van der Waals surface area contributed by atoms with Gasteiger partial charge in [-0.05, 0) is 90.2 Å². The van der Waals surface area contributed by atoms with Gasteiger partial charge in [0, 0.05) is 6.42 Å². The first kappa shape index (κ1) is 22.8. The van der Waals surface area contributed by atoms with Crippen molar-refractivity contribution in [2.45, 2.75) is 77.0 Å². The predicted molar refractivity (Wildman–Crippen MR) is 134 cm³/mol. The van der Waals surface area contributed by atoms with Gasteiger partial charge in [-0.25, -0.2) is 4.39 Å². The lowest BCUT2D eigenvalue weighted by Crippen LogP contribution is -2.15. The smallest absolute Gasteiger partial charge is 0.127 e. The minimum atomic E-state index is -0.0666. The minimum absolute atomic E-state index is 0.0666. The zero-order valence-electron chi connectivity index (χ0n) is 19.7. The lowest BCUT2D eigenvalue weighted by molar-refractivity contribution is 0.297. The highest BCUT2D eigenvalue weighted by Crippen LogP contribution is 2.39. The molecule has 1 aliphatic rings. The fraction of sp³-hybridized carbons (Fsp3) is 0.419. The highest BCUT2D eigenvalue weighted by atomic mass is 19.1. The summed E-state index contributed by atoms with van der Waals surface area (Å²) >= 11 is 0. The highest BCUT2D eigenvalue weighted by Gasteiger charge is 2.24. The largest absolute Gasteiger partial charge is 0.207 e. The third kappa shape index (κ3) is 5.88. The zero-order valence-corrected chi connectivity index (χ0v) is 19.7. The molecule has 0 spiro atoms. The maximum Gasteiger partial charge on any atom is 0.127 e. The summed E-state index contributed by atoms with van der Waals surface area (Å²) in [4.78, 5) is 0. The molecule has 0 unspecified atom stereocenters. The molecule has 3 aromatic carbocycles. The summed E-state index contributed by atoms with van der Waals surface area (Å²) in [5, 5.41) is 0. The summed E-state index contributed by atoms with van der Waals surface area (Å²) in [6.07, 6.45) is 9.21. The van der Waals surface area contributed by atoms with E-state index in [1.54, 1.807) is 6.07 Å². The Morgan fingerprint density at radius 3 is 2.19 bits per heavy atom. The molecular weight excluding hydrogens is 391 g/mol. The Morgan fingerprint density at radius 1 is 0.844 bits per heavy atom. The van der Waals surface area contributed by atoms with Crippen LogP contribution in [0.15, 0.2) is 72.8 Å². The van der Waals surface area contributed by atoms with Gasteiger partial charge in [0.1, 0.15) is 5.82 Å². The zero-order chi connectivity index (χ0) is 22.3. The van der Waals surface area contributed by atoms with E-state index in [1.165, 1.54) is 48.8 Å². The number of halogens is 1. The maximum absolute atomic E-state index is 14.5. The SMILES string of the molecule is CCCc1ccc(Cc2ccc(C3CCC(C[C@H](C)c4ccccc4)CC3)cc2)c(F)c1. The van der Waals surface area contributed by atoms with Crippen molar-refractivity contribution in [1.82, 2.24) is 0 Å². The molecule has 1 heteroatoms. The van der Waals surface area contributed by atoms with Crippen molar-refractivity contribution in [3.8, 4) is 0 Å². The molecule has 32 heavy (non-hydrogen) atoms. The van der Waals surface area contributed by atoms with Crippen molar-refractivity contribution in [2.75, 3.05) is 0 Å². The first-order valence-electron chi connectivity index (χ1n) is 12.5. The van der Waals surface area contributed by atoms with Crippen LogP contribution in [0.5, 0.6) is 0 Å². The van der Waals surface area contributed by atoms with E-state index in [0.717, 1.165) is 29.9 Å². The summed E-state index contributed by atoms with van der Waals surface area (Å²) in [5.74, 6) is 2.10. The summed E-state index contributed by atoms with van der Waals surface area (Å²) in [6, 6.07) is 25.7. The Kier molecular flexibility index (Phi) is 7.79. The molecule has 4 rings (SSSR count). The second-order valence-corrected chi connectivity index (χ2v) is 9.86. The Labute approximate surface area is 193 Å². The third-order valence-electron chi connectivity index (χ3n) is 7.40. The number of benzene rings is 3. The number of rotatable bonds is 8. The monoisotopic (exact) mass is 428 g/mol. The van der Waals surface area contributed by atoms with Crippen LogP contribution in [0.2, 0.25) is 0 Å². The van der Waals surface area contributed by atoms with Gasteiger partial charge >= 0.3 is 0 Å². The molecular formula is C31H37F. The molecule has 3 aromatic rings. The van der Waals surface area contributed by atoms with Crippen LogP contribution in [0.3, 0.4) is 0 Å². The molecule has 0 bridgehead atoms. The fourth-order valence-corrected chi connectivity index (χ4v) is 5.46. The lowest BCUT2D eigenvalue weighted by atomic mass is 9.75. The van der Waals surface area contributed by atoms with E-state index in [0.29, 0.717) is 18.3 Å². The molecule has 0 amide bonds. The van der Waals surface area contributed by atoms with Crippen LogP contribution in [0.25, 0.3) is 0 Å². The van der Waals surface area contributed by atoms with Gasteiger partial charge in [0.15, 0.2) is 0 Å². The minimum Gasteiger partial charge on any atom is -0.207 e. The molecule has 168 valence electrons. The van der Waals surface area contributed by atoms with Crippen LogP contribution >= 0.6 is 0 Å². The second kappa shape index (κ2) is 10.9. The van der Waals surface area contributed by atoms with Gasteiger partial charge in [-0.3, -0.25) is 0 Å². The molecule has 0 aliphatic heterocycles. The molecule has 0 saturated heterocycles.